The summed E-state index contributed by atoms with van der Waals surface area (Å²) in [5.41, 5.74) is 0.135. The van der Waals surface area contributed by atoms with Gasteiger partial charge in [0, 0.05) is 18.3 Å². The molecular weight excluding hydrogens is 240 g/mol. The number of aromatic nitrogens is 1. The second-order valence-electron chi connectivity index (χ2n) is 4.90. The van der Waals surface area contributed by atoms with E-state index in [0.717, 1.165) is 19.4 Å². The van der Waals surface area contributed by atoms with Crippen molar-refractivity contribution in [3.8, 4) is 0 Å². The number of carboxylic acid groups (broad SMARTS) is 1. The molecule has 0 aliphatic carbocycles. The highest BCUT2D eigenvalue weighted by atomic mass is 35.5. The molecule has 1 aromatic heterocycles. The fraction of sp³-hybridized carbons (Fsp3) is 0.500. The van der Waals surface area contributed by atoms with E-state index >= 15 is 0 Å². The van der Waals surface area contributed by atoms with Gasteiger partial charge in [0.2, 0.25) is 0 Å². The topological polar surface area (TPSA) is 53.4 Å². The number of anilines is 1. The van der Waals surface area contributed by atoms with Gasteiger partial charge in [0.15, 0.2) is 0 Å². The van der Waals surface area contributed by atoms with E-state index in [-0.39, 0.29) is 16.1 Å². The molecule has 1 aromatic rings. The van der Waals surface area contributed by atoms with Gasteiger partial charge in [-0.3, -0.25) is 0 Å². The highest BCUT2D eigenvalue weighted by molar-refractivity contribution is 6.33. The Morgan fingerprint density at radius 2 is 2.29 bits per heavy atom. The third-order valence-electron chi connectivity index (χ3n) is 3.25. The van der Waals surface area contributed by atoms with E-state index in [1.54, 1.807) is 6.07 Å². The molecule has 0 spiro atoms. The summed E-state index contributed by atoms with van der Waals surface area (Å²) in [4.78, 5) is 17.4. The first-order valence-electron chi connectivity index (χ1n) is 5.58. The van der Waals surface area contributed by atoms with Crippen molar-refractivity contribution in [3.63, 3.8) is 0 Å². The summed E-state index contributed by atoms with van der Waals surface area (Å²) < 4.78 is 0. The number of pyridine rings is 1. The Labute approximate surface area is 105 Å². The van der Waals surface area contributed by atoms with Gasteiger partial charge in [0.25, 0.3) is 0 Å². The molecule has 2 heterocycles. The predicted molar refractivity (Wildman–Crippen MR) is 66.9 cm³/mol. The van der Waals surface area contributed by atoms with Gasteiger partial charge in [-0.15, -0.1) is 0 Å². The average molecular weight is 255 g/mol. The highest BCUT2D eigenvalue weighted by Crippen LogP contribution is 2.33. The van der Waals surface area contributed by atoms with Crippen molar-refractivity contribution in [1.29, 1.82) is 0 Å². The summed E-state index contributed by atoms with van der Waals surface area (Å²) in [6.45, 7) is 5.17. The summed E-state index contributed by atoms with van der Waals surface area (Å²) in [7, 11) is 0. The summed E-state index contributed by atoms with van der Waals surface area (Å²) in [6, 6.07) is 1.55. The molecule has 92 valence electrons. The standard InChI is InChI=1S/C12H15ClN2O2/c1-12(2)4-3-5-15(12)10-6-8(11(16)17)9(13)7-14-10/h6-7H,3-5H2,1-2H3,(H,16,17). The summed E-state index contributed by atoms with van der Waals surface area (Å²) in [6.07, 6.45) is 3.59. The van der Waals surface area contributed by atoms with E-state index in [1.807, 2.05) is 0 Å². The van der Waals surface area contributed by atoms with E-state index in [9.17, 15) is 4.79 Å². The summed E-state index contributed by atoms with van der Waals surface area (Å²) in [5, 5.41) is 9.21. The highest BCUT2D eigenvalue weighted by Gasteiger charge is 2.33. The molecule has 0 aromatic carbocycles. The van der Waals surface area contributed by atoms with Crippen LogP contribution in [0, 0.1) is 0 Å². The van der Waals surface area contributed by atoms with Crippen LogP contribution >= 0.6 is 11.6 Å². The molecule has 1 fully saturated rings. The lowest BCUT2D eigenvalue weighted by molar-refractivity contribution is 0.0697. The van der Waals surface area contributed by atoms with E-state index in [0.29, 0.717) is 5.82 Å². The Morgan fingerprint density at radius 3 is 2.82 bits per heavy atom. The van der Waals surface area contributed by atoms with Gasteiger partial charge in [0.05, 0.1) is 10.6 Å². The number of hydrogen-bond donors (Lipinski definition) is 1. The normalized spacial score (nSPS) is 18.4. The van der Waals surface area contributed by atoms with Gasteiger partial charge in [-0.1, -0.05) is 11.6 Å². The van der Waals surface area contributed by atoms with Crippen LogP contribution in [0.15, 0.2) is 12.3 Å². The maximum absolute atomic E-state index is 11.0. The molecule has 0 saturated carbocycles. The number of carbonyl (C=O) groups is 1. The number of carboxylic acids is 1. The van der Waals surface area contributed by atoms with Gasteiger partial charge < -0.3 is 10.0 Å². The van der Waals surface area contributed by atoms with Crippen LogP contribution in [0.3, 0.4) is 0 Å². The Bertz CT molecular complexity index is 460. The van der Waals surface area contributed by atoms with Gasteiger partial charge in [-0.25, -0.2) is 9.78 Å². The Hall–Kier alpha value is -1.29. The fourth-order valence-electron chi connectivity index (χ4n) is 2.27. The van der Waals surface area contributed by atoms with Crippen molar-refractivity contribution >= 4 is 23.4 Å². The lowest BCUT2D eigenvalue weighted by Gasteiger charge is -2.32. The number of halogens is 1. The largest absolute Gasteiger partial charge is 0.478 e. The second-order valence-corrected chi connectivity index (χ2v) is 5.30. The van der Waals surface area contributed by atoms with Crippen LogP contribution in [0.5, 0.6) is 0 Å². The van der Waals surface area contributed by atoms with E-state index < -0.39 is 5.97 Å². The molecule has 0 bridgehead atoms. The minimum Gasteiger partial charge on any atom is -0.478 e. The fourth-order valence-corrected chi connectivity index (χ4v) is 2.46. The molecule has 17 heavy (non-hydrogen) atoms. The first-order valence-corrected chi connectivity index (χ1v) is 5.96. The van der Waals surface area contributed by atoms with Crippen molar-refractivity contribution in [2.45, 2.75) is 32.2 Å². The molecule has 1 aliphatic rings. The van der Waals surface area contributed by atoms with Crippen LogP contribution in [-0.4, -0.2) is 28.1 Å². The van der Waals surface area contributed by atoms with Crippen LogP contribution in [0.2, 0.25) is 5.02 Å². The van der Waals surface area contributed by atoms with Crippen molar-refractivity contribution < 1.29 is 9.90 Å². The first kappa shape index (κ1) is 12.2. The number of aromatic carboxylic acids is 1. The molecule has 5 heteroatoms. The van der Waals surface area contributed by atoms with Gasteiger partial charge >= 0.3 is 5.97 Å². The summed E-state index contributed by atoms with van der Waals surface area (Å²) in [5.74, 6) is -0.329. The molecular formula is C12H15ClN2O2. The molecule has 1 N–H and O–H groups in total. The van der Waals surface area contributed by atoms with Crippen LogP contribution < -0.4 is 4.90 Å². The van der Waals surface area contributed by atoms with E-state index in [2.05, 4.69) is 23.7 Å². The van der Waals surface area contributed by atoms with Gasteiger partial charge in [-0.05, 0) is 32.8 Å². The molecule has 0 radical (unpaired) electrons. The zero-order chi connectivity index (χ0) is 12.6. The lowest BCUT2D eigenvalue weighted by Crippen LogP contribution is -2.38. The third kappa shape index (κ3) is 2.22. The monoisotopic (exact) mass is 254 g/mol. The zero-order valence-electron chi connectivity index (χ0n) is 9.90. The molecule has 1 saturated heterocycles. The van der Waals surface area contributed by atoms with Crippen LogP contribution in [-0.2, 0) is 0 Å². The predicted octanol–water partition coefficient (Wildman–Crippen LogP) is 2.81. The number of nitrogens with zero attached hydrogens (tertiary/aromatic N) is 2. The SMILES string of the molecule is CC1(C)CCCN1c1cc(C(=O)O)c(Cl)cn1. The zero-order valence-corrected chi connectivity index (χ0v) is 10.7. The minimum absolute atomic E-state index is 0.0244. The Balaban J connectivity index is 2.40. The van der Waals surface area contributed by atoms with Crippen molar-refractivity contribution in [3.05, 3.63) is 22.8 Å². The van der Waals surface area contributed by atoms with Crippen LogP contribution in [0.1, 0.15) is 37.0 Å². The van der Waals surface area contributed by atoms with Crippen molar-refractivity contribution in [1.82, 2.24) is 4.98 Å². The molecule has 4 nitrogen and oxygen atoms in total. The molecule has 1 aliphatic heterocycles. The first-order chi connectivity index (χ1) is 7.92. The van der Waals surface area contributed by atoms with Crippen LogP contribution in [0.4, 0.5) is 5.82 Å². The Morgan fingerprint density at radius 1 is 1.59 bits per heavy atom. The smallest absolute Gasteiger partial charge is 0.337 e. The average Bonchev–Trinajstić information content (AvgIpc) is 2.58. The van der Waals surface area contributed by atoms with Crippen molar-refractivity contribution in [2.75, 3.05) is 11.4 Å². The number of rotatable bonds is 2. The second kappa shape index (κ2) is 4.18. The van der Waals surface area contributed by atoms with Gasteiger partial charge in [-0.2, -0.15) is 0 Å². The maximum Gasteiger partial charge on any atom is 0.337 e. The molecule has 0 atom stereocenters. The van der Waals surface area contributed by atoms with Gasteiger partial charge in [0.1, 0.15) is 5.82 Å². The van der Waals surface area contributed by atoms with Crippen molar-refractivity contribution in [2.24, 2.45) is 0 Å². The Kier molecular flexibility index (Phi) is 3.00. The molecule has 2 rings (SSSR count). The van der Waals surface area contributed by atoms with E-state index in [1.165, 1.54) is 6.20 Å². The number of hydrogen-bond acceptors (Lipinski definition) is 3. The van der Waals surface area contributed by atoms with E-state index in [4.69, 9.17) is 16.7 Å². The summed E-state index contributed by atoms with van der Waals surface area (Å²) >= 11 is 5.81. The minimum atomic E-state index is -1.02. The molecule has 0 unspecified atom stereocenters. The lowest BCUT2D eigenvalue weighted by atomic mass is 10.0. The molecule has 0 amide bonds. The maximum atomic E-state index is 11.0. The van der Waals surface area contributed by atoms with Crippen LogP contribution in [0.25, 0.3) is 0 Å². The quantitative estimate of drug-likeness (QED) is 0.882. The third-order valence-corrected chi connectivity index (χ3v) is 3.55.